The minimum Gasteiger partial charge on any atom is -0.505 e. The predicted molar refractivity (Wildman–Crippen MR) is 161 cm³/mol. The van der Waals surface area contributed by atoms with E-state index in [1.54, 1.807) is 43.3 Å². The number of aromatic hydroxyl groups is 1. The second kappa shape index (κ2) is 13.0. The molecule has 0 fully saturated rings. The largest absolute Gasteiger partial charge is 0.505 e. The number of phenols is 1. The van der Waals surface area contributed by atoms with Crippen molar-refractivity contribution in [2.45, 2.75) is 6.92 Å². The van der Waals surface area contributed by atoms with Gasteiger partial charge in [0.25, 0.3) is 23.5 Å². The lowest BCUT2D eigenvalue weighted by molar-refractivity contribution is -0.120. The number of para-hydroxylation sites is 1. The molecule has 3 aromatic carbocycles. The fourth-order valence-corrected chi connectivity index (χ4v) is 4.18. The van der Waals surface area contributed by atoms with Crippen molar-refractivity contribution in [2.24, 2.45) is 10.2 Å². The molecule has 5 aromatic rings. The van der Waals surface area contributed by atoms with Gasteiger partial charge in [-0.15, -0.1) is 10.2 Å². The molecule has 0 saturated carbocycles. The highest BCUT2D eigenvalue weighted by Crippen LogP contribution is 2.41. The van der Waals surface area contributed by atoms with Crippen molar-refractivity contribution >= 4 is 51.4 Å². The van der Waals surface area contributed by atoms with Gasteiger partial charge in [0.1, 0.15) is 5.69 Å². The summed E-state index contributed by atoms with van der Waals surface area (Å²) in [7, 11) is 0. The van der Waals surface area contributed by atoms with Crippen LogP contribution in [0.2, 0.25) is 0 Å². The molecule has 5 rings (SSSR count). The van der Waals surface area contributed by atoms with Crippen molar-refractivity contribution in [1.29, 1.82) is 0 Å². The number of likely N-dealkylation sites (N-methyl/N-ethyl adjacent to an activating group) is 1. The van der Waals surface area contributed by atoms with Gasteiger partial charge in [-0.05, 0) is 48.7 Å². The van der Waals surface area contributed by atoms with Crippen molar-refractivity contribution in [3.63, 3.8) is 0 Å². The number of amides is 3. The molecule has 0 radical (unpaired) electrons. The van der Waals surface area contributed by atoms with Crippen molar-refractivity contribution in [2.75, 3.05) is 18.4 Å². The molecule has 0 spiro atoms. The van der Waals surface area contributed by atoms with Gasteiger partial charge in [0.15, 0.2) is 11.6 Å². The van der Waals surface area contributed by atoms with Gasteiger partial charge in [0.2, 0.25) is 5.91 Å². The minimum atomic E-state index is -0.636. The lowest BCUT2D eigenvalue weighted by Crippen LogP contribution is -2.36. The molecule has 218 valence electrons. The Morgan fingerprint density at radius 1 is 0.977 bits per heavy atom. The van der Waals surface area contributed by atoms with Crippen LogP contribution in [0.3, 0.4) is 0 Å². The first kappa shape index (κ1) is 29.0. The van der Waals surface area contributed by atoms with Crippen LogP contribution in [0.1, 0.15) is 27.6 Å². The summed E-state index contributed by atoms with van der Waals surface area (Å²) in [5.74, 6) is -1.83. The quantitative estimate of drug-likeness (QED) is 0.143. The number of fused-ring (bicyclic) bond motifs is 1. The molecule has 14 heteroatoms. The Kier molecular flexibility index (Phi) is 8.57. The van der Waals surface area contributed by atoms with E-state index in [0.29, 0.717) is 23.0 Å². The second-order valence-electron chi connectivity index (χ2n) is 9.14. The fraction of sp³-hybridized carbons (Fsp3) is 0.100. The van der Waals surface area contributed by atoms with Gasteiger partial charge in [0.05, 0.1) is 24.9 Å². The van der Waals surface area contributed by atoms with E-state index in [4.69, 9.17) is 6.57 Å². The van der Waals surface area contributed by atoms with Crippen LogP contribution < -0.4 is 16.0 Å². The highest BCUT2D eigenvalue weighted by atomic mass is 16.3. The van der Waals surface area contributed by atoms with Crippen LogP contribution in [0.5, 0.6) is 5.75 Å². The molecule has 0 saturated heterocycles. The number of phenolic OH excluding ortho intramolecular Hbond substituents is 1. The Morgan fingerprint density at radius 3 is 2.48 bits per heavy atom. The van der Waals surface area contributed by atoms with E-state index in [0.717, 1.165) is 0 Å². The Labute approximate surface area is 250 Å². The molecule has 14 nitrogen and oxygen atoms in total. The van der Waals surface area contributed by atoms with E-state index >= 15 is 0 Å². The monoisotopic (exact) mass is 588 g/mol. The molecule has 4 N–H and O–H groups in total. The first-order valence-corrected chi connectivity index (χ1v) is 13.2. The number of hydrogen-bond acceptors (Lipinski definition) is 9. The van der Waals surface area contributed by atoms with Gasteiger partial charge in [-0.1, -0.05) is 24.3 Å². The number of azo groups is 1. The number of rotatable bonds is 9. The smallest absolute Gasteiger partial charge is 0.259 e. The molecule has 3 amide bonds. The standard InChI is InChI=1S/C30H24N10O4/c1-3-32-24(41)17-35-28(43)18-10-11-21-19(14-18)15-22(29(44)37-20-8-5-4-6-9-20)26(42)25(21)38-39-27-23(31-2)16-36-40(27)30-33-12-7-13-34-30/h4-16,42H,3,17H2,1H3,(H,32,41)(H,35,43)(H,37,44). The number of aromatic nitrogens is 4. The van der Waals surface area contributed by atoms with Crippen LogP contribution in [0.4, 0.5) is 22.9 Å². The molecule has 0 aliphatic carbocycles. The van der Waals surface area contributed by atoms with Crippen LogP contribution in [0.15, 0.2) is 89.5 Å². The minimum absolute atomic E-state index is 0.000700. The van der Waals surface area contributed by atoms with Crippen molar-refractivity contribution in [3.05, 3.63) is 102 Å². The summed E-state index contributed by atoms with van der Waals surface area (Å²) in [6, 6.07) is 16.2. The Balaban J connectivity index is 1.60. The number of hydrogen-bond donors (Lipinski definition) is 4. The summed E-state index contributed by atoms with van der Waals surface area (Å²) in [6.07, 6.45) is 4.28. The summed E-state index contributed by atoms with van der Waals surface area (Å²) >= 11 is 0. The van der Waals surface area contributed by atoms with E-state index in [-0.39, 0.29) is 46.7 Å². The maximum Gasteiger partial charge on any atom is 0.259 e. The van der Waals surface area contributed by atoms with Gasteiger partial charge in [0, 0.05) is 35.6 Å². The molecule has 2 aromatic heterocycles. The average molecular weight is 589 g/mol. The maximum atomic E-state index is 13.3. The first-order chi connectivity index (χ1) is 21.4. The van der Waals surface area contributed by atoms with Crippen LogP contribution in [0.25, 0.3) is 21.6 Å². The summed E-state index contributed by atoms with van der Waals surface area (Å²) in [4.78, 5) is 49.7. The van der Waals surface area contributed by atoms with Gasteiger partial charge < -0.3 is 21.1 Å². The van der Waals surface area contributed by atoms with Crippen LogP contribution in [-0.4, -0.2) is 55.7 Å². The van der Waals surface area contributed by atoms with E-state index in [1.807, 2.05) is 0 Å². The lowest BCUT2D eigenvalue weighted by atomic mass is 10.0. The number of carbonyl (C=O) groups excluding carboxylic acids is 3. The second-order valence-corrected chi connectivity index (χ2v) is 9.14. The summed E-state index contributed by atoms with van der Waals surface area (Å²) in [5.41, 5.74) is 0.522. The first-order valence-electron chi connectivity index (χ1n) is 13.2. The van der Waals surface area contributed by atoms with E-state index in [9.17, 15) is 19.5 Å². The normalized spacial score (nSPS) is 10.8. The van der Waals surface area contributed by atoms with Crippen molar-refractivity contribution in [3.8, 4) is 11.7 Å². The Morgan fingerprint density at radius 2 is 1.75 bits per heavy atom. The summed E-state index contributed by atoms with van der Waals surface area (Å²) in [6.45, 7) is 9.51. The molecule has 0 atom stereocenters. The topological polar surface area (TPSA) is 180 Å². The number of benzene rings is 3. The number of nitrogens with zero attached hydrogens (tertiary/aromatic N) is 7. The third kappa shape index (κ3) is 6.21. The van der Waals surface area contributed by atoms with Crippen LogP contribution >= 0.6 is 0 Å². The molecule has 0 unspecified atom stereocenters. The van der Waals surface area contributed by atoms with Crippen molar-refractivity contribution < 1.29 is 19.5 Å². The van der Waals surface area contributed by atoms with E-state index < -0.39 is 17.6 Å². The molecule has 44 heavy (non-hydrogen) atoms. The Hall–Kier alpha value is -6.49. The zero-order valence-corrected chi connectivity index (χ0v) is 23.2. The van der Waals surface area contributed by atoms with Gasteiger partial charge in [-0.3, -0.25) is 14.4 Å². The van der Waals surface area contributed by atoms with Gasteiger partial charge in [-0.2, -0.15) is 9.78 Å². The number of anilines is 1. The maximum absolute atomic E-state index is 13.3. The van der Waals surface area contributed by atoms with E-state index in [2.05, 4.69) is 46.1 Å². The molecular formula is C30H24N10O4. The van der Waals surface area contributed by atoms with E-state index in [1.165, 1.54) is 47.5 Å². The third-order valence-corrected chi connectivity index (χ3v) is 6.24. The van der Waals surface area contributed by atoms with Crippen LogP contribution in [-0.2, 0) is 4.79 Å². The summed E-state index contributed by atoms with van der Waals surface area (Å²) in [5, 5.41) is 32.5. The number of carbonyl (C=O) groups is 3. The SMILES string of the molecule is [C-]#[N+]c1cnn(-c2ncccn2)c1N=Nc1c(O)c(C(=O)Nc2ccccc2)cc2cc(C(=O)NCC(=O)NCC)ccc12. The number of nitrogens with one attached hydrogen (secondary N) is 3. The average Bonchev–Trinajstić information content (AvgIpc) is 3.46. The molecule has 0 aliphatic rings. The third-order valence-electron chi connectivity index (χ3n) is 6.24. The van der Waals surface area contributed by atoms with Crippen LogP contribution in [0, 0.1) is 6.57 Å². The molecular weight excluding hydrogens is 564 g/mol. The van der Waals surface area contributed by atoms with Gasteiger partial charge in [-0.25, -0.2) is 14.8 Å². The summed E-state index contributed by atoms with van der Waals surface area (Å²) < 4.78 is 1.22. The Bertz CT molecular complexity index is 1930. The molecule has 2 heterocycles. The fourth-order valence-electron chi connectivity index (χ4n) is 4.18. The van der Waals surface area contributed by atoms with Crippen molar-refractivity contribution in [1.82, 2.24) is 30.4 Å². The zero-order chi connectivity index (χ0) is 31.1. The highest BCUT2D eigenvalue weighted by Gasteiger charge is 2.21. The highest BCUT2D eigenvalue weighted by molar-refractivity contribution is 6.12. The molecule has 0 bridgehead atoms. The predicted octanol–water partition coefficient (Wildman–Crippen LogP) is 4.61. The zero-order valence-electron chi connectivity index (χ0n) is 23.2. The lowest BCUT2D eigenvalue weighted by Gasteiger charge is -2.12. The molecule has 0 aliphatic heterocycles. The van der Waals surface area contributed by atoms with Gasteiger partial charge >= 0.3 is 0 Å².